The van der Waals surface area contributed by atoms with Gasteiger partial charge in [-0.25, -0.2) is 4.98 Å². The summed E-state index contributed by atoms with van der Waals surface area (Å²) in [6.45, 7) is 2.22. The van der Waals surface area contributed by atoms with Gasteiger partial charge in [0, 0.05) is 37.3 Å². The van der Waals surface area contributed by atoms with Gasteiger partial charge in [0.1, 0.15) is 0 Å². The first-order valence-corrected chi connectivity index (χ1v) is 9.05. The zero-order valence-electron chi connectivity index (χ0n) is 14.8. The van der Waals surface area contributed by atoms with Crippen molar-refractivity contribution in [2.75, 3.05) is 13.1 Å². The third kappa shape index (κ3) is 3.53. The number of imidazole rings is 1. The van der Waals surface area contributed by atoms with E-state index < -0.39 is 4.92 Å². The third-order valence-electron chi connectivity index (χ3n) is 5.19. The summed E-state index contributed by atoms with van der Waals surface area (Å²) in [5.41, 5.74) is 2.45. The molecular formula is C20H20N4O3. The molecular weight excluding hydrogens is 344 g/mol. The molecule has 3 aromatic rings. The second-order valence-electron chi connectivity index (χ2n) is 6.93. The summed E-state index contributed by atoms with van der Waals surface area (Å²) in [4.78, 5) is 29.3. The number of nitro groups is 1. The zero-order valence-corrected chi connectivity index (χ0v) is 14.8. The van der Waals surface area contributed by atoms with Crippen LogP contribution in [0, 0.1) is 16.0 Å². The lowest BCUT2D eigenvalue weighted by molar-refractivity contribution is -0.384. The van der Waals surface area contributed by atoms with Gasteiger partial charge in [0.2, 0.25) is 0 Å². The Morgan fingerprint density at radius 2 is 1.93 bits per heavy atom. The van der Waals surface area contributed by atoms with Crippen LogP contribution in [0.4, 0.5) is 5.69 Å². The molecule has 7 heteroatoms. The van der Waals surface area contributed by atoms with Gasteiger partial charge in [0.15, 0.2) is 0 Å². The van der Waals surface area contributed by atoms with E-state index in [0.717, 1.165) is 30.4 Å². The first-order chi connectivity index (χ1) is 13.1. The Hall–Kier alpha value is -3.22. The highest BCUT2D eigenvalue weighted by molar-refractivity contribution is 5.94. The Morgan fingerprint density at radius 1 is 1.15 bits per heavy atom. The summed E-state index contributed by atoms with van der Waals surface area (Å²) >= 11 is 0. The van der Waals surface area contributed by atoms with Gasteiger partial charge in [-0.2, -0.15) is 0 Å². The average Bonchev–Trinajstić information content (AvgIpc) is 3.11. The number of hydrogen-bond acceptors (Lipinski definition) is 4. The topological polar surface area (TPSA) is 81.3 Å². The van der Waals surface area contributed by atoms with Gasteiger partial charge in [0.05, 0.1) is 22.3 Å². The van der Waals surface area contributed by atoms with Crippen molar-refractivity contribution < 1.29 is 9.72 Å². The Bertz CT molecular complexity index is 990. The number of aromatic nitrogens is 2. The van der Waals surface area contributed by atoms with Crippen molar-refractivity contribution in [3.63, 3.8) is 0 Å². The van der Waals surface area contributed by atoms with Crippen LogP contribution >= 0.6 is 0 Å². The normalized spacial score (nSPS) is 15.2. The first-order valence-electron chi connectivity index (χ1n) is 9.05. The molecule has 2 heterocycles. The van der Waals surface area contributed by atoms with E-state index in [2.05, 4.69) is 15.6 Å². The predicted molar refractivity (Wildman–Crippen MR) is 101 cm³/mol. The highest BCUT2D eigenvalue weighted by Gasteiger charge is 2.25. The number of hydrogen-bond donors (Lipinski definition) is 0. The van der Waals surface area contributed by atoms with Gasteiger partial charge in [-0.3, -0.25) is 14.9 Å². The summed E-state index contributed by atoms with van der Waals surface area (Å²) in [6.07, 6.45) is 3.70. The monoisotopic (exact) mass is 364 g/mol. The summed E-state index contributed by atoms with van der Waals surface area (Å²) < 4.78 is 2.18. The molecule has 0 saturated carbocycles. The van der Waals surface area contributed by atoms with Crippen LogP contribution < -0.4 is 0 Å². The molecule has 1 aliphatic heterocycles. The number of piperidine rings is 1. The van der Waals surface area contributed by atoms with Gasteiger partial charge in [0.25, 0.3) is 11.6 Å². The molecule has 0 bridgehead atoms. The van der Waals surface area contributed by atoms with Crippen molar-refractivity contribution in [3.8, 4) is 0 Å². The van der Waals surface area contributed by atoms with Crippen LogP contribution in [0.25, 0.3) is 11.0 Å². The smallest absolute Gasteiger partial charge is 0.270 e. The van der Waals surface area contributed by atoms with Crippen molar-refractivity contribution in [2.45, 2.75) is 19.4 Å². The molecule has 0 N–H and O–H groups in total. The molecule has 0 aliphatic carbocycles. The number of rotatable bonds is 4. The predicted octanol–water partition coefficient (Wildman–Crippen LogP) is 3.50. The molecule has 7 nitrogen and oxygen atoms in total. The maximum atomic E-state index is 12.7. The molecule has 138 valence electrons. The number of carbonyl (C=O) groups excluding carboxylic acids is 1. The molecule has 1 aliphatic rings. The first kappa shape index (κ1) is 17.2. The molecule has 0 spiro atoms. The minimum Gasteiger partial charge on any atom is -0.339 e. The van der Waals surface area contributed by atoms with Crippen LogP contribution in [-0.4, -0.2) is 38.4 Å². The van der Waals surface area contributed by atoms with Crippen molar-refractivity contribution in [1.29, 1.82) is 0 Å². The Balaban J connectivity index is 1.39. The van der Waals surface area contributed by atoms with Crippen LogP contribution in [0.3, 0.4) is 0 Å². The maximum Gasteiger partial charge on any atom is 0.270 e. The number of non-ortho nitro benzene ring substituents is 1. The molecule has 0 unspecified atom stereocenters. The molecule has 1 amide bonds. The highest BCUT2D eigenvalue weighted by Crippen LogP contribution is 2.23. The van der Waals surface area contributed by atoms with E-state index in [1.807, 2.05) is 24.5 Å². The Morgan fingerprint density at radius 3 is 2.70 bits per heavy atom. The van der Waals surface area contributed by atoms with Crippen molar-refractivity contribution in [2.24, 2.45) is 5.92 Å². The van der Waals surface area contributed by atoms with Gasteiger partial charge in [-0.1, -0.05) is 18.2 Å². The van der Waals surface area contributed by atoms with Crippen LogP contribution in [0.5, 0.6) is 0 Å². The fourth-order valence-electron chi connectivity index (χ4n) is 3.69. The van der Waals surface area contributed by atoms with Crippen molar-refractivity contribution in [3.05, 3.63) is 70.5 Å². The van der Waals surface area contributed by atoms with Crippen LogP contribution in [0.15, 0.2) is 54.9 Å². The number of benzene rings is 2. The van der Waals surface area contributed by atoms with Crippen molar-refractivity contribution in [1.82, 2.24) is 14.5 Å². The molecule has 1 aromatic heterocycles. The standard InChI is InChI=1S/C20H20N4O3/c25-20(16-4-3-5-17(12-16)24(26)27)22-10-8-15(9-11-22)13-23-14-21-18-6-1-2-7-19(18)23/h1-7,12,14-15H,8-11,13H2. The lowest BCUT2D eigenvalue weighted by Gasteiger charge is -2.32. The number of nitro benzene ring substituents is 1. The van der Waals surface area contributed by atoms with Crippen LogP contribution in [0.2, 0.25) is 0 Å². The van der Waals surface area contributed by atoms with Crippen molar-refractivity contribution >= 4 is 22.6 Å². The van der Waals surface area contributed by atoms with Gasteiger partial charge < -0.3 is 9.47 Å². The van der Waals surface area contributed by atoms with Gasteiger partial charge in [-0.05, 0) is 37.0 Å². The molecule has 1 saturated heterocycles. The molecule has 2 aromatic carbocycles. The third-order valence-corrected chi connectivity index (χ3v) is 5.19. The van der Waals surface area contributed by atoms with E-state index in [4.69, 9.17) is 0 Å². The van der Waals surface area contributed by atoms with Gasteiger partial charge >= 0.3 is 0 Å². The van der Waals surface area contributed by atoms with E-state index >= 15 is 0 Å². The largest absolute Gasteiger partial charge is 0.339 e. The van der Waals surface area contributed by atoms with E-state index in [1.165, 1.54) is 12.1 Å². The lowest BCUT2D eigenvalue weighted by Crippen LogP contribution is -2.39. The summed E-state index contributed by atoms with van der Waals surface area (Å²) in [7, 11) is 0. The number of likely N-dealkylation sites (tertiary alicyclic amines) is 1. The molecule has 27 heavy (non-hydrogen) atoms. The highest BCUT2D eigenvalue weighted by atomic mass is 16.6. The molecule has 1 fully saturated rings. The summed E-state index contributed by atoms with van der Waals surface area (Å²) in [5, 5.41) is 10.9. The SMILES string of the molecule is O=C(c1cccc([N+](=O)[O-])c1)N1CCC(Cn2cnc3ccccc32)CC1. The van der Waals surface area contributed by atoms with E-state index in [1.54, 1.807) is 17.0 Å². The molecule has 4 rings (SSSR count). The number of para-hydroxylation sites is 2. The fraction of sp³-hybridized carbons (Fsp3) is 0.300. The summed E-state index contributed by atoms with van der Waals surface area (Å²) in [6, 6.07) is 14.0. The van der Waals surface area contributed by atoms with E-state index in [-0.39, 0.29) is 11.6 Å². The number of fused-ring (bicyclic) bond motifs is 1. The lowest BCUT2D eigenvalue weighted by atomic mass is 9.96. The minimum atomic E-state index is -0.474. The second-order valence-corrected chi connectivity index (χ2v) is 6.93. The van der Waals surface area contributed by atoms with Crippen LogP contribution in [0.1, 0.15) is 23.2 Å². The van der Waals surface area contributed by atoms with E-state index in [9.17, 15) is 14.9 Å². The number of carbonyl (C=O) groups is 1. The zero-order chi connectivity index (χ0) is 18.8. The number of nitrogens with zero attached hydrogens (tertiary/aromatic N) is 4. The Labute approximate surface area is 156 Å². The maximum absolute atomic E-state index is 12.7. The van der Waals surface area contributed by atoms with Crippen LogP contribution in [-0.2, 0) is 6.54 Å². The second kappa shape index (κ2) is 7.19. The van der Waals surface area contributed by atoms with Gasteiger partial charge in [-0.15, -0.1) is 0 Å². The molecule has 0 atom stereocenters. The van der Waals surface area contributed by atoms with E-state index in [0.29, 0.717) is 24.6 Å². The fourth-order valence-corrected chi connectivity index (χ4v) is 3.69. The Kier molecular flexibility index (Phi) is 4.58. The average molecular weight is 364 g/mol. The minimum absolute atomic E-state index is 0.0530. The quantitative estimate of drug-likeness (QED) is 0.524. The number of amides is 1. The molecule has 0 radical (unpaired) electrons. The summed E-state index contributed by atoms with van der Waals surface area (Å²) in [5.74, 6) is 0.349.